The van der Waals surface area contributed by atoms with Gasteiger partial charge in [-0.05, 0) is 44.5 Å². The van der Waals surface area contributed by atoms with E-state index in [2.05, 4.69) is 38.3 Å². The van der Waals surface area contributed by atoms with Crippen molar-refractivity contribution in [3.8, 4) is 0 Å². The van der Waals surface area contributed by atoms with Gasteiger partial charge in [0.25, 0.3) is 5.91 Å². The molecule has 0 saturated carbocycles. The van der Waals surface area contributed by atoms with E-state index in [0.29, 0.717) is 15.6 Å². The van der Waals surface area contributed by atoms with E-state index in [4.69, 9.17) is 23.2 Å². The van der Waals surface area contributed by atoms with Gasteiger partial charge in [-0.1, -0.05) is 63.4 Å². The standard InChI is InChI=1S/C13H17Cl2NO.C5H13N/c1-3-6-9(4-2)16-13(17)10-7-5-8-11(14)12(10)15;1-3-5-6-4-2/h5,7-9H,3-4,6H2,1-2H3,(H,16,17);6H,3-5H2,1-2H3. The van der Waals surface area contributed by atoms with Crippen LogP contribution in [0.4, 0.5) is 0 Å². The highest BCUT2D eigenvalue weighted by molar-refractivity contribution is 6.43. The second-order valence-corrected chi connectivity index (χ2v) is 6.11. The number of benzene rings is 1. The van der Waals surface area contributed by atoms with Gasteiger partial charge in [-0.2, -0.15) is 0 Å². The van der Waals surface area contributed by atoms with Crippen LogP contribution < -0.4 is 10.6 Å². The number of carbonyl (C=O) groups is 1. The van der Waals surface area contributed by atoms with Gasteiger partial charge in [-0.25, -0.2) is 0 Å². The van der Waals surface area contributed by atoms with Gasteiger partial charge in [-0.15, -0.1) is 0 Å². The van der Waals surface area contributed by atoms with Gasteiger partial charge in [0.1, 0.15) is 0 Å². The third-order valence-electron chi connectivity index (χ3n) is 3.34. The SMILES string of the molecule is CCCC(CC)NC(=O)c1cccc(Cl)c1Cl.CCCNCC. The number of carbonyl (C=O) groups excluding carboxylic acids is 1. The maximum Gasteiger partial charge on any atom is 0.253 e. The zero-order valence-corrected chi connectivity index (χ0v) is 16.2. The lowest BCUT2D eigenvalue weighted by Gasteiger charge is -2.16. The molecule has 1 atom stereocenters. The van der Waals surface area contributed by atoms with Crippen LogP contribution in [-0.4, -0.2) is 25.0 Å². The van der Waals surface area contributed by atoms with Gasteiger partial charge in [0.05, 0.1) is 15.6 Å². The van der Waals surface area contributed by atoms with Crippen LogP contribution in [0.15, 0.2) is 18.2 Å². The molecule has 5 heteroatoms. The lowest BCUT2D eigenvalue weighted by atomic mass is 10.1. The predicted molar refractivity (Wildman–Crippen MR) is 102 cm³/mol. The molecule has 0 aliphatic heterocycles. The molecule has 132 valence electrons. The highest BCUT2D eigenvalue weighted by Gasteiger charge is 2.15. The molecule has 23 heavy (non-hydrogen) atoms. The van der Waals surface area contributed by atoms with Gasteiger partial charge >= 0.3 is 0 Å². The zero-order chi connectivity index (χ0) is 17.7. The van der Waals surface area contributed by atoms with Crippen molar-refractivity contribution in [2.45, 2.75) is 59.4 Å². The highest BCUT2D eigenvalue weighted by Crippen LogP contribution is 2.25. The van der Waals surface area contributed by atoms with Gasteiger partial charge in [0, 0.05) is 6.04 Å². The molecule has 0 bridgehead atoms. The Hall–Kier alpha value is -0.770. The first-order valence-electron chi connectivity index (χ1n) is 8.47. The molecule has 0 aliphatic carbocycles. The molecule has 0 fully saturated rings. The Morgan fingerprint density at radius 3 is 2.30 bits per heavy atom. The third-order valence-corrected chi connectivity index (χ3v) is 4.16. The van der Waals surface area contributed by atoms with Gasteiger partial charge in [0.15, 0.2) is 0 Å². The summed E-state index contributed by atoms with van der Waals surface area (Å²) in [6.45, 7) is 10.7. The molecule has 0 radical (unpaired) electrons. The van der Waals surface area contributed by atoms with E-state index in [1.165, 1.54) is 6.42 Å². The molecule has 0 saturated heterocycles. The topological polar surface area (TPSA) is 41.1 Å². The Morgan fingerprint density at radius 2 is 1.83 bits per heavy atom. The molecule has 3 nitrogen and oxygen atoms in total. The number of amides is 1. The van der Waals surface area contributed by atoms with Crippen LogP contribution in [0.3, 0.4) is 0 Å². The highest BCUT2D eigenvalue weighted by atomic mass is 35.5. The molecule has 1 unspecified atom stereocenters. The molecule has 0 aromatic heterocycles. The molecule has 1 rings (SSSR count). The first kappa shape index (κ1) is 22.2. The molecule has 0 heterocycles. The van der Waals surface area contributed by atoms with E-state index in [9.17, 15) is 4.79 Å². The van der Waals surface area contributed by atoms with Crippen LogP contribution >= 0.6 is 23.2 Å². The molecular weight excluding hydrogens is 331 g/mol. The second kappa shape index (κ2) is 13.6. The maximum atomic E-state index is 12.0. The molecule has 0 spiro atoms. The third kappa shape index (κ3) is 9.19. The van der Waals surface area contributed by atoms with E-state index in [-0.39, 0.29) is 11.9 Å². The Bertz CT molecular complexity index is 449. The smallest absolute Gasteiger partial charge is 0.253 e. The summed E-state index contributed by atoms with van der Waals surface area (Å²) in [6.07, 6.45) is 4.17. The second-order valence-electron chi connectivity index (χ2n) is 5.32. The van der Waals surface area contributed by atoms with Gasteiger partial charge < -0.3 is 10.6 Å². The monoisotopic (exact) mass is 360 g/mol. The summed E-state index contributed by atoms with van der Waals surface area (Å²) in [4.78, 5) is 12.0. The first-order valence-corrected chi connectivity index (χ1v) is 9.22. The average Bonchev–Trinajstić information content (AvgIpc) is 2.55. The van der Waals surface area contributed by atoms with Gasteiger partial charge in [0.2, 0.25) is 0 Å². The van der Waals surface area contributed by atoms with Crippen LogP contribution in [0, 0.1) is 0 Å². The van der Waals surface area contributed by atoms with Crippen molar-refractivity contribution < 1.29 is 4.79 Å². The minimum atomic E-state index is -0.155. The largest absolute Gasteiger partial charge is 0.349 e. The Morgan fingerprint density at radius 1 is 1.13 bits per heavy atom. The van der Waals surface area contributed by atoms with E-state index >= 15 is 0 Å². The van der Waals surface area contributed by atoms with Crippen molar-refractivity contribution in [1.82, 2.24) is 10.6 Å². The van der Waals surface area contributed by atoms with E-state index in [1.54, 1.807) is 18.2 Å². The predicted octanol–water partition coefficient (Wildman–Crippen LogP) is 5.31. The number of halogens is 2. The van der Waals surface area contributed by atoms with E-state index in [1.807, 2.05) is 0 Å². The van der Waals surface area contributed by atoms with Crippen molar-refractivity contribution in [2.24, 2.45) is 0 Å². The molecule has 1 aromatic carbocycles. The summed E-state index contributed by atoms with van der Waals surface area (Å²) in [5, 5.41) is 6.89. The van der Waals surface area contributed by atoms with Crippen LogP contribution in [0.2, 0.25) is 10.0 Å². The number of hydrogen-bond acceptors (Lipinski definition) is 2. The number of hydrogen-bond donors (Lipinski definition) is 2. The van der Waals surface area contributed by atoms with E-state index < -0.39 is 0 Å². The Kier molecular flexibility index (Phi) is 13.2. The molecule has 1 amide bonds. The number of nitrogens with one attached hydrogen (secondary N) is 2. The molecule has 0 aliphatic rings. The fraction of sp³-hybridized carbons (Fsp3) is 0.611. The van der Waals surface area contributed by atoms with Crippen LogP contribution in [0.5, 0.6) is 0 Å². The fourth-order valence-electron chi connectivity index (χ4n) is 2.02. The fourth-order valence-corrected chi connectivity index (χ4v) is 2.41. The van der Waals surface area contributed by atoms with Crippen LogP contribution in [-0.2, 0) is 0 Å². The summed E-state index contributed by atoms with van der Waals surface area (Å²) in [6, 6.07) is 5.28. The van der Waals surface area contributed by atoms with Gasteiger partial charge in [-0.3, -0.25) is 4.79 Å². The minimum Gasteiger partial charge on any atom is -0.349 e. The zero-order valence-electron chi connectivity index (χ0n) is 14.7. The Balaban J connectivity index is 0.000000688. The minimum absolute atomic E-state index is 0.155. The van der Waals surface area contributed by atoms with Crippen molar-refractivity contribution in [2.75, 3.05) is 13.1 Å². The van der Waals surface area contributed by atoms with E-state index in [0.717, 1.165) is 32.4 Å². The summed E-state index contributed by atoms with van der Waals surface area (Å²) in [7, 11) is 0. The lowest BCUT2D eigenvalue weighted by molar-refractivity contribution is 0.0934. The van der Waals surface area contributed by atoms with Crippen molar-refractivity contribution in [3.63, 3.8) is 0 Å². The summed E-state index contributed by atoms with van der Waals surface area (Å²) >= 11 is 11.9. The van der Waals surface area contributed by atoms with Crippen molar-refractivity contribution >= 4 is 29.1 Å². The molecular formula is C18H30Cl2N2O. The Labute approximate surface area is 151 Å². The molecule has 1 aromatic rings. The van der Waals surface area contributed by atoms with Crippen molar-refractivity contribution in [1.29, 1.82) is 0 Å². The number of rotatable bonds is 8. The average molecular weight is 361 g/mol. The summed E-state index contributed by atoms with van der Waals surface area (Å²) in [5.74, 6) is -0.155. The van der Waals surface area contributed by atoms with Crippen molar-refractivity contribution in [3.05, 3.63) is 33.8 Å². The summed E-state index contributed by atoms with van der Waals surface area (Å²) < 4.78 is 0. The normalized spacial score (nSPS) is 11.4. The lowest BCUT2D eigenvalue weighted by Crippen LogP contribution is -2.34. The first-order chi connectivity index (χ1) is 11.0. The summed E-state index contributed by atoms with van der Waals surface area (Å²) in [5.41, 5.74) is 0.439. The van der Waals surface area contributed by atoms with Crippen LogP contribution in [0.25, 0.3) is 0 Å². The maximum absolute atomic E-state index is 12.0. The van der Waals surface area contributed by atoms with Crippen LogP contribution in [0.1, 0.15) is 63.7 Å². The quantitative estimate of drug-likeness (QED) is 0.616. The molecule has 2 N–H and O–H groups in total.